The number of nitrogens with zero attached hydrogens (tertiary/aromatic N) is 1. The van der Waals surface area contributed by atoms with Crippen LogP contribution in [-0.2, 0) is 35.1 Å². The zero-order valence-electron chi connectivity index (χ0n) is 19.8. The van der Waals surface area contributed by atoms with Crippen molar-refractivity contribution in [2.24, 2.45) is 0 Å². The summed E-state index contributed by atoms with van der Waals surface area (Å²) in [5.74, 6) is -2.03. The van der Waals surface area contributed by atoms with Crippen molar-refractivity contribution in [2.75, 3.05) is 51.9 Å². The lowest BCUT2D eigenvalue weighted by Crippen LogP contribution is -2.43. The number of anilines is 1. The standard InChI is InChI=1S/C24H29N3O8/c1-3-33-23(30)20-16-7-5-15(6-8-17(16)21(22(20)25)24(31)34-4-2)13-18(28)26-35-14-19(29)27-9-11-32-12-10-27/h5-8H,3-4,9-14,25H2,1-2H3,(H,26,28). The van der Waals surface area contributed by atoms with Crippen molar-refractivity contribution in [1.29, 1.82) is 0 Å². The monoisotopic (exact) mass is 487 g/mol. The number of fused-ring (bicyclic) bond motifs is 1. The Morgan fingerprint density at radius 2 is 1.49 bits per heavy atom. The Hall–Kier alpha value is -3.70. The van der Waals surface area contributed by atoms with Crippen molar-refractivity contribution in [3.05, 3.63) is 41.0 Å². The van der Waals surface area contributed by atoms with Crippen LogP contribution in [0.2, 0.25) is 0 Å². The van der Waals surface area contributed by atoms with Crippen molar-refractivity contribution in [2.45, 2.75) is 20.3 Å². The average molecular weight is 488 g/mol. The molecule has 0 saturated carbocycles. The SMILES string of the molecule is CCOC(=O)c1c2ccc(CC(=O)NOCC(=O)N3CCOCC3)ccc-2c(C(=O)OCC)c1N. The van der Waals surface area contributed by atoms with Gasteiger partial charge in [-0.3, -0.25) is 14.4 Å². The number of nitrogens with two attached hydrogens (primary N) is 1. The third-order valence-electron chi connectivity index (χ3n) is 5.36. The lowest BCUT2D eigenvalue weighted by atomic mass is 10.1. The van der Waals surface area contributed by atoms with Crippen LogP contribution in [0.5, 0.6) is 0 Å². The molecular weight excluding hydrogens is 458 g/mol. The normalized spacial score (nSPS) is 13.4. The number of rotatable bonds is 9. The van der Waals surface area contributed by atoms with Gasteiger partial charge in [0.2, 0.25) is 5.91 Å². The number of ether oxygens (including phenoxy) is 3. The molecule has 3 rings (SSSR count). The predicted molar refractivity (Wildman–Crippen MR) is 125 cm³/mol. The number of hydrogen-bond acceptors (Lipinski definition) is 9. The summed E-state index contributed by atoms with van der Waals surface area (Å²) in [6.07, 6.45) is -0.0675. The molecule has 0 aromatic rings. The molecule has 188 valence electrons. The van der Waals surface area contributed by atoms with Crippen molar-refractivity contribution < 1.29 is 38.2 Å². The van der Waals surface area contributed by atoms with E-state index in [0.717, 1.165) is 0 Å². The predicted octanol–water partition coefficient (Wildman–Crippen LogP) is 1.18. The number of hydrogen-bond donors (Lipinski definition) is 2. The Bertz CT molecular complexity index is 1010. The molecule has 35 heavy (non-hydrogen) atoms. The quantitative estimate of drug-likeness (QED) is 0.393. The van der Waals surface area contributed by atoms with E-state index < -0.39 is 17.8 Å². The third kappa shape index (κ3) is 6.25. The first-order valence-corrected chi connectivity index (χ1v) is 11.3. The Morgan fingerprint density at radius 1 is 0.943 bits per heavy atom. The molecule has 2 aliphatic carbocycles. The molecule has 0 aromatic carbocycles. The summed E-state index contributed by atoms with van der Waals surface area (Å²) >= 11 is 0. The molecule has 1 heterocycles. The minimum Gasteiger partial charge on any atom is -0.462 e. The lowest BCUT2D eigenvalue weighted by molar-refractivity contribution is -0.147. The smallest absolute Gasteiger partial charge is 0.340 e. The number of morpholine rings is 1. The second-order valence-electron chi connectivity index (χ2n) is 7.66. The van der Waals surface area contributed by atoms with Crippen LogP contribution in [0.15, 0.2) is 24.3 Å². The van der Waals surface area contributed by atoms with E-state index in [2.05, 4.69) is 5.48 Å². The number of nitrogen functional groups attached to an aromatic ring is 1. The first-order chi connectivity index (χ1) is 16.9. The molecule has 3 N–H and O–H groups in total. The molecule has 0 aromatic heterocycles. The maximum absolute atomic E-state index is 12.6. The molecule has 2 amide bonds. The van der Waals surface area contributed by atoms with Gasteiger partial charge in [0.1, 0.15) is 0 Å². The van der Waals surface area contributed by atoms with Crippen molar-refractivity contribution in [3.63, 3.8) is 0 Å². The van der Waals surface area contributed by atoms with Crippen LogP contribution in [0.4, 0.5) is 5.69 Å². The average Bonchev–Trinajstić information content (AvgIpc) is 2.98. The molecule has 3 aliphatic rings. The molecule has 0 radical (unpaired) electrons. The van der Waals surface area contributed by atoms with Crippen LogP contribution in [0.25, 0.3) is 11.1 Å². The fourth-order valence-corrected chi connectivity index (χ4v) is 3.74. The number of nitrogens with one attached hydrogen (secondary N) is 1. The summed E-state index contributed by atoms with van der Waals surface area (Å²) < 4.78 is 15.4. The topological polar surface area (TPSA) is 146 Å². The van der Waals surface area contributed by atoms with E-state index in [9.17, 15) is 19.2 Å². The van der Waals surface area contributed by atoms with E-state index in [1.54, 1.807) is 43.0 Å². The van der Waals surface area contributed by atoms with Gasteiger partial charge in [0.05, 0.1) is 49.7 Å². The van der Waals surface area contributed by atoms with E-state index in [0.29, 0.717) is 43.0 Å². The van der Waals surface area contributed by atoms with Crippen LogP contribution in [0.1, 0.15) is 40.1 Å². The van der Waals surface area contributed by atoms with Crippen molar-refractivity contribution in [3.8, 4) is 11.1 Å². The van der Waals surface area contributed by atoms with E-state index in [4.69, 9.17) is 24.8 Å². The summed E-state index contributed by atoms with van der Waals surface area (Å²) in [7, 11) is 0. The Labute approximate surface area is 202 Å². The summed E-state index contributed by atoms with van der Waals surface area (Å²) in [4.78, 5) is 56.2. The first-order valence-electron chi connectivity index (χ1n) is 11.3. The number of amides is 2. The number of carbonyl (C=O) groups excluding carboxylic acids is 4. The van der Waals surface area contributed by atoms with Crippen LogP contribution in [0.3, 0.4) is 0 Å². The van der Waals surface area contributed by atoms with Gasteiger partial charge >= 0.3 is 11.9 Å². The summed E-state index contributed by atoms with van der Waals surface area (Å²) in [6, 6.07) is 6.48. The largest absolute Gasteiger partial charge is 0.462 e. The third-order valence-corrected chi connectivity index (χ3v) is 5.36. The van der Waals surface area contributed by atoms with Gasteiger partial charge in [-0.05, 0) is 30.5 Å². The number of hydroxylamine groups is 1. The zero-order valence-corrected chi connectivity index (χ0v) is 19.8. The van der Waals surface area contributed by atoms with Gasteiger partial charge in [0, 0.05) is 13.1 Å². The van der Waals surface area contributed by atoms with E-state index in [1.807, 2.05) is 0 Å². The molecule has 0 spiro atoms. The van der Waals surface area contributed by atoms with Crippen LogP contribution in [-0.4, -0.2) is 74.8 Å². The highest BCUT2D eigenvalue weighted by Gasteiger charge is 2.30. The minimum absolute atomic E-state index is 0.0132. The fraction of sp³-hybridized carbons (Fsp3) is 0.417. The lowest BCUT2D eigenvalue weighted by Gasteiger charge is -2.26. The molecule has 1 saturated heterocycles. The highest BCUT2D eigenvalue weighted by Crippen LogP contribution is 2.39. The van der Waals surface area contributed by atoms with Gasteiger partial charge in [-0.1, -0.05) is 24.3 Å². The van der Waals surface area contributed by atoms with Gasteiger partial charge in [0.15, 0.2) is 6.61 Å². The van der Waals surface area contributed by atoms with Crippen molar-refractivity contribution >= 4 is 29.4 Å². The molecule has 0 atom stereocenters. The van der Waals surface area contributed by atoms with E-state index in [-0.39, 0.29) is 49.0 Å². The molecular formula is C24H29N3O8. The van der Waals surface area contributed by atoms with Gasteiger partial charge < -0.3 is 24.8 Å². The van der Waals surface area contributed by atoms with Crippen LogP contribution in [0, 0.1) is 0 Å². The Balaban J connectivity index is 1.74. The molecule has 1 aliphatic heterocycles. The van der Waals surface area contributed by atoms with Gasteiger partial charge in [-0.25, -0.2) is 15.1 Å². The molecule has 0 bridgehead atoms. The van der Waals surface area contributed by atoms with Crippen LogP contribution >= 0.6 is 0 Å². The fourth-order valence-electron chi connectivity index (χ4n) is 3.74. The molecule has 0 unspecified atom stereocenters. The maximum atomic E-state index is 12.6. The minimum atomic E-state index is -0.658. The second kappa shape index (κ2) is 12.1. The van der Waals surface area contributed by atoms with Gasteiger partial charge in [-0.15, -0.1) is 0 Å². The maximum Gasteiger partial charge on any atom is 0.340 e. The Morgan fingerprint density at radius 3 is 2.00 bits per heavy atom. The van der Waals surface area contributed by atoms with Gasteiger partial charge in [-0.2, -0.15) is 0 Å². The van der Waals surface area contributed by atoms with Crippen LogP contribution < -0.4 is 11.2 Å². The highest BCUT2D eigenvalue weighted by atomic mass is 16.7. The molecule has 11 heteroatoms. The summed E-state index contributed by atoms with van der Waals surface area (Å²) in [5.41, 5.74) is 9.93. The summed E-state index contributed by atoms with van der Waals surface area (Å²) in [5, 5.41) is 0. The second-order valence-corrected chi connectivity index (χ2v) is 7.66. The summed E-state index contributed by atoms with van der Waals surface area (Å²) in [6.45, 7) is 5.24. The van der Waals surface area contributed by atoms with Crippen molar-refractivity contribution in [1.82, 2.24) is 10.4 Å². The van der Waals surface area contributed by atoms with E-state index in [1.165, 1.54) is 0 Å². The number of carbonyl (C=O) groups is 4. The first kappa shape index (κ1) is 25.9. The zero-order chi connectivity index (χ0) is 25.4. The highest BCUT2D eigenvalue weighted by molar-refractivity contribution is 6.15. The van der Waals surface area contributed by atoms with Gasteiger partial charge in [0.25, 0.3) is 5.91 Å². The molecule has 11 nitrogen and oxygen atoms in total. The molecule has 1 fully saturated rings. The Kier molecular flexibility index (Phi) is 8.98. The number of esters is 2. The van der Waals surface area contributed by atoms with E-state index >= 15 is 0 Å².